The Morgan fingerprint density at radius 3 is 2.57 bits per heavy atom. The van der Waals surface area contributed by atoms with Gasteiger partial charge in [0.2, 0.25) is 10.0 Å². The van der Waals surface area contributed by atoms with E-state index in [9.17, 15) is 8.42 Å². The van der Waals surface area contributed by atoms with Crippen molar-refractivity contribution in [1.29, 1.82) is 0 Å². The van der Waals surface area contributed by atoms with E-state index in [0.717, 1.165) is 18.4 Å². The van der Waals surface area contributed by atoms with E-state index >= 15 is 0 Å². The zero-order valence-electron chi connectivity index (χ0n) is 12.0. The van der Waals surface area contributed by atoms with E-state index in [2.05, 4.69) is 0 Å². The maximum absolute atomic E-state index is 12.9. The van der Waals surface area contributed by atoms with Crippen molar-refractivity contribution in [2.45, 2.75) is 36.5 Å². The van der Waals surface area contributed by atoms with Crippen molar-refractivity contribution < 1.29 is 17.9 Å². The van der Waals surface area contributed by atoms with Crippen LogP contribution in [-0.4, -0.2) is 45.1 Å². The number of morpholine rings is 1. The van der Waals surface area contributed by atoms with Crippen LogP contribution in [-0.2, 0) is 21.3 Å². The number of hydrogen-bond donors (Lipinski definition) is 1. The van der Waals surface area contributed by atoms with Crippen LogP contribution in [0.5, 0.6) is 5.75 Å². The lowest BCUT2D eigenvalue weighted by atomic mass is 10.2. The topological polar surface area (TPSA) is 81.9 Å². The molecular formula is C14H20N2O4S. The predicted molar refractivity (Wildman–Crippen MR) is 77.5 cm³/mol. The van der Waals surface area contributed by atoms with Gasteiger partial charge in [-0.05, 0) is 30.5 Å². The van der Waals surface area contributed by atoms with Crippen LogP contribution in [0.1, 0.15) is 18.4 Å². The van der Waals surface area contributed by atoms with Crippen LogP contribution < -0.4 is 10.5 Å². The molecule has 2 bridgehead atoms. The molecule has 2 unspecified atom stereocenters. The lowest BCUT2D eigenvalue weighted by Crippen LogP contribution is -2.45. The molecule has 2 fully saturated rings. The predicted octanol–water partition coefficient (Wildman–Crippen LogP) is 0.706. The van der Waals surface area contributed by atoms with Gasteiger partial charge in [-0.25, -0.2) is 8.42 Å². The van der Waals surface area contributed by atoms with Crippen LogP contribution in [0.15, 0.2) is 23.1 Å². The Labute approximate surface area is 124 Å². The third-order valence-corrected chi connectivity index (χ3v) is 5.94. The van der Waals surface area contributed by atoms with Crippen LogP contribution in [0.3, 0.4) is 0 Å². The number of benzene rings is 1. The quantitative estimate of drug-likeness (QED) is 0.885. The van der Waals surface area contributed by atoms with Crippen LogP contribution in [0.25, 0.3) is 0 Å². The van der Waals surface area contributed by atoms with Crippen molar-refractivity contribution in [3.8, 4) is 5.75 Å². The van der Waals surface area contributed by atoms with Gasteiger partial charge >= 0.3 is 0 Å². The lowest BCUT2D eigenvalue weighted by Gasteiger charge is -2.31. The molecule has 0 aromatic heterocycles. The van der Waals surface area contributed by atoms with Crippen molar-refractivity contribution >= 4 is 10.0 Å². The van der Waals surface area contributed by atoms with E-state index in [0.29, 0.717) is 25.4 Å². The van der Waals surface area contributed by atoms with Gasteiger partial charge in [0.15, 0.2) is 0 Å². The molecule has 6 nitrogen and oxygen atoms in total. The van der Waals surface area contributed by atoms with Crippen molar-refractivity contribution in [1.82, 2.24) is 4.31 Å². The number of methoxy groups -OCH3 is 1. The number of nitrogens with zero attached hydrogens (tertiary/aromatic N) is 1. The minimum Gasteiger partial charge on any atom is -0.495 e. The summed E-state index contributed by atoms with van der Waals surface area (Å²) < 4.78 is 38.2. The molecule has 0 saturated carbocycles. The van der Waals surface area contributed by atoms with E-state index in [1.54, 1.807) is 18.2 Å². The molecule has 1 aromatic carbocycles. The molecule has 3 rings (SSSR count). The first-order chi connectivity index (χ1) is 10.0. The van der Waals surface area contributed by atoms with E-state index in [-0.39, 0.29) is 17.1 Å². The highest BCUT2D eigenvalue weighted by Crippen LogP contribution is 2.33. The maximum Gasteiger partial charge on any atom is 0.246 e. The van der Waals surface area contributed by atoms with E-state index < -0.39 is 10.0 Å². The number of sulfonamides is 1. The summed E-state index contributed by atoms with van der Waals surface area (Å²) in [6.07, 6.45) is 1.89. The van der Waals surface area contributed by atoms with E-state index in [1.165, 1.54) is 11.4 Å². The molecule has 116 valence electrons. The zero-order valence-corrected chi connectivity index (χ0v) is 12.8. The van der Waals surface area contributed by atoms with Gasteiger partial charge in [0.05, 0.1) is 19.3 Å². The van der Waals surface area contributed by atoms with Gasteiger partial charge in [-0.3, -0.25) is 0 Å². The molecule has 2 aliphatic rings. The van der Waals surface area contributed by atoms with Crippen LogP contribution in [0.2, 0.25) is 0 Å². The molecule has 2 N–H and O–H groups in total. The normalized spacial score (nSPS) is 26.0. The standard InChI is InChI=1S/C14H20N2O4S/c1-19-13-5-2-10(7-15)6-14(13)21(17,18)16-8-11-3-4-12(9-16)20-11/h2,5-6,11-12H,3-4,7-9,15H2,1H3. The summed E-state index contributed by atoms with van der Waals surface area (Å²) in [6, 6.07) is 5.04. The first-order valence-corrected chi connectivity index (χ1v) is 8.51. The van der Waals surface area contributed by atoms with Crippen molar-refractivity contribution in [3.63, 3.8) is 0 Å². The monoisotopic (exact) mass is 312 g/mol. The number of nitrogens with two attached hydrogens (primary N) is 1. The summed E-state index contributed by atoms with van der Waals surface area (Å²) in [7, 11) is -2.12. The SMILES string of the molecule is COc1ccc(CN)cc1S(=O)(=O)N1CC2CCC(C1)O2. The summed E-state index contributed by atoms with van der Waals surface area (Å²) in [5.74, 6) is 0.353. The summed E-state index contributed by atoms with van der Waals surface area (Å²) in [6.45, 7) is 1.12. The molecule has 0 spiro atoms. The molecule has 0 amide bonds. The van der Waals surface area contributed by atoms with Gasteiger partial charge in [0, 0.05) is 19.6 Å². The van der Waals surface area contributed by atoms with Crippen molar-refractivity contribution in [3.05, 3.63) is 23.8 Å². The highest BCUT2D eigenvalue weighted by molar-refractivity contribution is 7.89. The second-order valence-corrected chi connectivity index (χ2v) is 7.38. The second-order valence-electron chi connectivity index (χ2n) is 5.47. The minimum atomic E-state index is -3.59. The van der Waals surface area contributed by atoms with Crippen molar-refractivity contribution in [2.24, 2.45) is 5.73 Å². The van der Waals surface area contributed by atoms with Crippen molar-refractivity contribution in [2.75, 3.05) is 20.2 Å². The fourth-order valence-corrected chi connectivity index (χ4v) is 4.67. The smallest absolute Gasteiger partial charge is 0.246 e. The van der Waals surface area contributed by atoms with Gasteiger partial charge in [-0.2, -0.15) is 4.31 Å². The maximum atomic E-state index is 12.9. The molecular weight excluding hydrogens is 292 g/mol. The molecule has 2 saturated heterocycles. The van der Waals surface area contributed by atoms with Gasteiger partial charge in [-0.1, -0.05) is 6.07 Å². The summed E-state index contributed by atoms with van der Waals surface area (Å²) in [5, 5.41) is 0. The third kappa shape index (κ3) is 2.66. The first kappa shape index (κ1) is 14.8. The third-order valence-electron chi connectivity index (χ3n) is 4.09. The van der Waals surface area contributed by atoms with Gasteiger partial charge < -0.3 is 15.2 Å². The van der Waals surface area contributed by atoms with Gasteiger partial charge in [0.25, 0.3) is 0 Å². The van der Waals surface area contributed by atoms with E-state index in [4.69, 9.17) is 15.2 Å². The Bertz CT molecular complexity index is 620. The van der Waals surface area contributed by atoms with Crippen LogP contribution in [0.4, 0.5) is 0 Å². The van der Waals surface area contributed by atoms with E-state index in [1.807, 2.05) is 0 Å². The largest absolute Gasteiger partial charge is 0.495 e. The number of fused-ring (bicyclic) bond motifs is 2. The Balaban J connectivity index is 1.97. The lowest BCUT2D eigenvalue weighted by molar-refractivity contribution is -0.0115. The summed E-state index contributed by atoms with van der Waals surface area (Å²) >= 11 is 0. The molecule has 1 aromatic rings. The molecule has 0 aliphatic carbocycles. The molecule has 7 heteroatoms. The highest BCUT2D eigenvalue weighted by Gasteiger charge is 2.40. The number of hydrogen-bond acceptors (Lipinski definition) is 5. The Hall–Kier alpha value is -1.15. The first-order valence-electron chi connectivity index (χ1n) is 7.07. The average Bonchev–Trinajstić information content (AvgIpc) is 2.84. The van der Waals surface area contributed by atoms with Crippen LogP contribution >= 0.6 is 0 Å². The Morgan fingerprint density at radius 2 is 2.00 bits per heavy atom. The molecule has 2 atom stereocenters. The second kappa shape index (κ2) is 5.57. The fourth-order valence-electron chi connectivity index (χ4n) is 2.96. The Kier molecular flexibility index (Phi) is 3.92. The fraction of sp³-hybridized carbons (Fsp3) is 0.571. The highest BCUT2D eigenvalue weighted by atomic mass is 32.2. The molecule has 2 heterocycles. The van der Waals surface area contributed by atoms with Gasteiger partial charge in [-0.15, -0.1) is 0 Å². The zero-order chi connectivity index (χ0) is 15.0. The Morgan fingerprint density at radius 1 is 1.33 bits per heavy atom. The average molecular weight is 312 g/mol. The summed E-state index contributed by atoms with van der Waals surface area (Å²) in [5.41, 5.74) is 6.39. The molecule has 2 aliphatic heterocycles. The minimum absolute atomic E-state index is 0.0159. The summed E-state index contributed by atoms with van der Waals surface area (Å²) in [4.78, 5) is 0.189. The molecule has 0 radical (unpaired) electrons. The van der Waals surface area contributed by atoms with Gasteiger partial charge in [0.1, 0.15) is 10.6 Å². The number of ether oxygens (including phenoxy) is 2. The number of rotatable bonds is 4. The molecule has 21 heavy (non-hydrogen) atoms. The van der Waals surface area contributed by atoms with Crippen LogP contribution in [0, 0.1) is 0 Å².